The molecule has 1 N–H and O–H groups in total. The van der Waals surface area contributed by atoms with Crippen LogP contribution in [-0.2, 0) is 4.74 Å². The first-order valence-corrected chi connectivity index (χ1v) is 11.5. The fourth-order valence-electron chi connectivity index (χ4n) is 6.36. The van der Waals surface area contributed by atoms with Crippen LogP contribution in [0.5, 0.6) is 0 Å². The molecule has 2 atom stereocenters. The summed E-state index contributed by atoms with van der Waals surface area (Å²) in [6.07, 6.45) is 14.0. The van der Waals surface area contributed by atoms with Crippen molar-refractivity contribution in [3.63, 3.8) is 0 Å². The molecule has 0 aromatic rings. The molecule has 2 saturated heterocycles. The van der Waals surface area contributed by atoms with Crippen molar-refractivity contribution in [2.24, 2.45) is 16.8 Å². The zero-order valence-electron chi connectivity index (χ0n) is 17.6. The molecule has 0 radical (unpaired) electrons. The van der Waals surface area contributed by atoms with Gasteiger partial charge in [0.1, 0.15) is 0 Å². The Morgan fingerprint density at radius 2 is 1.63 bits per heavy atom. The van der Waals surface area contributed by atoms with Gasteiger partial charge in [-0.3, -0.25) is 9.89 Å². The Labute approximate surface area is 165 Å². The van der Waals surface area contributed by atoms with Crippen molar-refractivity contribution in [3.05, 3.63) is 0 Å². The first-order chi connectivity index (χ1) is 13.2. The van der Waals surface area contributed by atoms with E-state index in [0.29, 0.717) is 11.6 Å². The Bertz CT molecular complexity index is 494. The van der Waals surface area contributed by atoms with Gasteiger partial charge in [0.25, 0.3) is 0 Å². The maximum atomic E-state index is 5.60. The number of hydrogen-bond acceptors (Lipinski definition) is 3. The summed E-state index contributed by atoms with van der Waals surface area (Å²) in [6.45, 7) is 5.87. The van der Waals surface area contributed by atoms with E-state index in [1.165, 1.54) is 90.4 Å². The molecule has 2 aliphatic carbocycles. The summed E-state index contributed by atoms with van der Waals surface area (Å²) in [5.74, 6) is 2.97. The summed E-state index contributed by atoms with van der Waals surface area (Å²) >= 11 is 0. The number of aliphatic imine (C=N–C) groups is 1. The van der Waals surface area contributed by atoms with Crippen LogP contribution in [0.25, 0.3) is 0 Å². The van der Waals surface area contributed by atoms with Gasteiger partial charge >= 0.3 is 0 Å². The summed E-state index contributed by atoms with van der Waals surface area (Å²) in [7, 11) is 3.83. The minimum atomic E-state index is 0.334. The second-order valence-corrected chi connectivity index (χ2v) is 9.46. The van der Waals surface area contributed by atoms with E-state index in [9.17, 15) is 0 Å². The fourth-order valence-corrected chi connectivity index (χ4v) is 6.36. The highest BCUT2D eigenvalue weighted by Gasteiger charge is 2.42. The number of nitrogens with zero attached hydrogens (tertiary/aromatic N) is 3. The molecule has 2 heterocycles. The summed E-state index contributed by atoms with van der Waals surface area (Å²) in [6, 6.07) is 0. The van der Waals surface area contributed by atoms with Gasteiger partial charge in [0, 0.05) is 52.4 Å². The summed E-state index contributed by atoms with van der Waals surface area (Å²) < 4.78 is 5.60. The SMILES string of the molecule is CN=C(NCC1(N2CCC(OC)CC2)CCCC1)N1CC2CCCCC2C1. The molecule has 5 heteroatoms. The first-order valence-electron chi connectivity index (χ1n) is 11.5. The number of rotatable bonds is 4. The molecule has 0 spiro atoms. The van der Waals surface area contributed by atoms with Crippen LogP contribution in [0.3, 0.4) is 0 Å². The molecule has 5 nitrogen and oxygen atoms in total. The highest BCUT2D eigenvalue weighted by molar-refractivity contribution is 5.80. The Hall–Kier alpha value is -0.810. The van der Waals surface area contributed by atoms with Gasteiger partial charge in [-0.2, -0.15) is 0 Å². The minimum Gasteiger partial charge on any atom is -0.381 e. The number of likely N-dealkylation sites (tertiary alicyclic amines) is 2. The maximum absolute atomic E-state index is 5.60. The molecule has 2 aliphatic heterocycles. The Morgan fingerprint density at radius 3 is 2.19 bits per heavy atom. The van der Waals surface area contributed by atoms with Crippen molar-refractivity contribution in [2.45, 2.75) is 75.9 Å². The van der Waals surface area contributed by atoms with Crippen molar-refractivity contribution in [1.29, 1.82) is 0 Å². The fraction of sp³-hybridized carbons (Fsp3) is 0.955. The predicted octanol–water partition coefficient (Wildman–Crippen LogP) is 3.11. The lowest BCUT2D eigenvalue weighted by Crippen LogP contribution is -2.58. The van der Waals surface area contributed by atoms with Crippen LogP contribution in [0, 0.1) is 11.8 Å². The molecule has 4 aliphatic rings. The van der Waals surface area contributed by atoms with E-state index >= 15 is 0 Å². The zero-order chi connectivity index (χ0) is 18.7. The molecule has 0 amide bonds. The normalized spacial score (nSPS) is 32.7. The lowest BCUT2D eigenvalue weighted by molar-refractivity contribution is -0.00177. The number of ether oxygens (including phenoxy) is 1. The molecular formula is C22H40N4O. The van der Waals surface area contributed by atoms with Gasteiger partial charge in [0.15, 0.2) is 5.96 Å². The topological polar surface area (TPSA) is 40.1 Å². The third kappa shape index (κ3) is 4.14. The molecule has 2 unspecified atom stereocenters. The quantitative estimate of drug-likeness (QED) is 0.605. The Balaban J connectivity index is 1.36. The van der Waals surface area contributed by atoms with Crippen LogP contribution in [0.2, 0.25) is 0 Å². The molecule has 0 aromatic carbocycles. The van der Waals surface area contributed by atoms with Gasteiger partial charge in [-0.15, -0.1) is 0 Å². The van der Waals surface area contributed by atoms with E-state index in [2.05, 4.69) is 20.1 Å². The zero-order valence-corrected chi connectivity index (χ0v) is 17.6. The van der Waals surface area contributed by atoms with Gasteiger partial charge in [0.2, 0.25) is 0 Å². The maximum Gasteiger partial charge on any atom is 0.193 e. The average Bonchev–Trinajstić information content (AvgIpc) is 3.36. The first kappa shape index (κ1) is 19.5. The van der Waals surface area contributed by atoms with Crippen LogP contribution in [0.15, 0.2) is 4.99 Å². The molecule has 27 heavy (non-hydrogen) atoms. The van der Waals surface area contributed by atoms with Crippen molar-refractivity contribution < 1.29 is 4.74 Å². The van der Waals surface area contributed by atoms with Crippen LogP contribution < -0.4 is 5.32 Å². The molecular weight excluding hydrogens is 336 g/mol. The van der Waals surface area contributed by atoms with Crippen LogP contribution in [-0.4, -0.2) is 74.3 Å². The van der Waals surface area contributed by atoms with E-state index in [1.54, 1.807) is 0 Å². The van der Waals surface area contributed by atoms with Gasteiger partial charge < -0.3 is 15.0 Å². The number of nitrogens with one attached hydrogen (secondary N) is 1. The molecule has 2 saturated carbocycles. The van der Waals surface area contributed by atoms with E-state index in [-0.39, 0.29) is 0 Å². The van der Waals surface area contributed by atoms with Gasteiger partial charge in [-0.25, -0.2) is 0 Å². The van der Waals surface area contributed by atoms with E-state index in [4.69, 9.17) is 4.74 Å². The summed E-state index contributed by atoms with van der Waals surface area (Å²) in [4.78, 5) is 10.0. The lowest BCUT2D eigenvalue weighted by Gasteiger charge is -2.45. The highest BCUT2D eigenvalue weighted by atomic mass is 16.5. The van der Waals surface area contributed by atoms with Crippen molar-refractivity contribution in [1.82, 2.24) is 15.1 Å². The van der Waals surface area contributed by atoms with E-state index in [0.717, 1.165) is 24.3 Å². The smallest absolute Gasteiger partial charge is 0.193 e. The van der Waals surface area contributed by atoms with E-state index < -0.39 is 0 Å². The van der Waals surface area contributed by atoms with Crippen LogP contribution >= 0.6 is 0 Å². The third-order valence-corrected chi connectivity index (χ3v) is 8.04. The number of guanidine groups is 1. The predicted molar refractivity (Wildman–Crippen MR) is 111 cm³/mol. The minimum absolute atomic E-state index is 0.334. The number of piperidine rings is 1. The van der Waals surface area contributed by atoms with Crippen molar-refractivity contribution >= 4 is 5.96 Å². The molecule has 0 aromatic heterocycles. The second kappa shape index (κ2) is 8.69. The Morgan fingerprint density at radius 1 is 1.00 bits per heavy atom. The molecule has 4 rings (SSSR count). The highest BCUT2D eigenvalue weighted by Crippen LogP contribution is 2.38. The van der Waals surface area contributed by atoms with Crippen LogP contribution in [0.1, 0.15) is 64.2 Å². The van der Waals surface area contributed by atoms with Gasteiger partial charge in [0.05, 0.1) is 6.10 Å². The monoisotopic (exact) mass is 376 g/mol. The largest absolute Gasteiger partial charge is 0.381 e. The molecule has 0 bridgehead atoms. The van der Waals surface area contributed by atoms with Crippen molar-refractivity contribution in [2.75, 3.05) is 46.9 Å². The second-order valence-electron chi connectivity index (χ2n) is 9.46. The molecule has 154 valence electrons. The summed E-state index contributed by atoms with van der Waals surface area (Å²) in [5, 5.41) is 3.83. The number of fused-ring (bicyclic) bond motifs is 1. The average molecular weight is 377 g/mol. The number of hydrogen-bond donors (Lipinski definition) is 1. The van der Waals surface area contributed by atoms with E-state index in [1.807, 2.05) is 14.2 Å². The molecule has 4 fully saturated rings. The lowest BCUT2D eigenvalue weighted by atomic mass is 9.82. The number of methoxy groups -OCH3 is 1. The standard InChI is InChI=1S/C22H40N4O/c1-23-21(25-15-18-7-3-4-8-19(18)16-25)24-17-22(11-5-6-12-22)26-13-9-20(27-2)10-14-26/h18-20H,3-17H2,1-2H3,(H,23,24). The third-order valence-electron chi connectivity index (χ3n) is 8.04. The van der Waals surface area contributed by atoms with Crippen molar-refractivity contribution in [3.8, 4) is 0 Å². The summed E-state index contributed by atoms with van der Waals surface area (Å²) in [5.41, 5.74) is 0.334. The van der Waals surface area contributed by atoms with Crippen LogP contribution in [0.4, 0.5) is 0 Å². The van der Waals surface area contributed by atoms with Gasteiger partial charge in [-0.1, -0.05) is 25.7 Å². The Kier molecular flexibility index (Phi) is 6.28. The van der Waals surface area contributed by atoms with Gasteiger partial charge in [-0.05, 0) is 50.4 Å².